The number of benzene rings is 1. The van der Waals surface area contributed by atoms with Crippen LogP contribution < -0.4 is 5.32 Å². The van der Waals surface area contributed by atoms with Gasteiger partial charge in [-0.2, -0.15) is 0 Å². The quantitative estimate of drug-likeness (QED) is 0.430. The molecule has 8 heteroatoms. The Bertz CT molecular complexity index is 1030. The second-order valence-corrected chi connectivity index (χ2v) is 10.7. The highest BCUT2D eigenvalue weighted by Gasteiger charge is 2.31. The number of hydrogen-bond acceptors (Lipinski definition) is 5. The van der Waals surface area contributed by atoms with E-state index in [4.69, 9.17) is 9.47 Å². The summed E-state index contributed by atoms with van der Waals surface area (Å²) < 4.78 is 38.8. The summed E-state index contributed by atoms with van der Waals surface area (Å²) in [7, 11) is 1.73. The summed E-state index contributed by atoms with van der Waals surface area (Å²) >= 11 is 0. The Balaban J connectivity index is 1.35. The van der Waals surface area contributed by atoms with Crippen molar-refractivity contribution in [3.63, 3.8) is 0 Å². The van der Waals surface area contributed by atoms with E-state index in [2.05, 4.69) is 16.8 Å². The van der Waals surface area contributed by atoms with E-state index in [-0.39, 0.29) is 23.6 Å². The fourth-order valence-electron chi connectivity index (χ4n) is 5.60. The molecule has 1 aromatic rings. The number of halogens is 2. The average Bonchev–Trinajstić information content (AvgIpc) is 2.91. The van der Waals surface area contributed by atoms with Crippen molar-refractivity contribution in [3.05, 3.63) is 58.3 Å². The molecule has 2 unspecified atom stereocenters. The van der Waals surface area contributed by atoms with Gasteiger partial charge in [0.2, 0.25) is 5.91 Å². The zero-order valence-corrected chi connectivity index (χ0v) is 22.6. The third kappa shape index (κ3) is 6.41. The van der Waals surface area contributed by atoms with Gasteiger partial charge in [0, 0.05) is 75.7 Å². The Kier molecular flexibility index (Phi) is 8.71. The number of likely N-dealkylation sites (tertiary alicyclic amines) is 1. The Morgan fingerprint density at radius 3 is 2.51 bits per heavy atom. The van der Waals surface area contributed by atoms with Crippen LogP contribution in [0.5, 0.6) is 0 Å². The molecule has 6 nitrogen and oxygen atoms in total. The summed E-state index contributed by atoms with van der Waals surface area (Å²) in [6, 6.07) is 5.59. The maximum Gasteiger partial charge on any atom is 0.270 e. The zero-order valence-electron chi connectivity index (χ0n) is 22.6. The highest BCUT2D eigenvalue weighted by Crippen LogP contribution is 2.32. The number of hydrogen-bond donors (Lipinski definition) is 1. The largest absolute Gasteiger partial charge is 0.379 e. The lowest BCUT2D eigenvalue weighted by Gasteiger charge is -2.38. The number of allylic oxidation sites excluding steroid dienone is 1. The highest BCUT2D eigenvalue weighted by molar-refractivity contribution is 5.94. The molecule has 1 amide bonds. The maximum absolute atomic E-state index is 13.9. The Labute approximate surface area is 219 Å². The van der Waals surface area contributed by atoms with Gasteiger partial charge in [0.15, 0.2) is 0 Å². The van der Waals surface area contributed by atoms with Gasteiger partial charge >= 0.3 is 0 Å². The molecule has 0 aromatic heterocycles. The minimum atomic E-state index is -2.87. The number of methoxy groups -OCH3 is 1. The summed E-state index contributed by atoms with van der Waals surface area (Å²) in [5, 5.41) is 3.73. The molecule has 0 aliphatic carbocycles. The molecule has 0 bridgehead atoms. The van der Waals surface area contributed by atoms with Crippen molar-refractivity contribution < 1.29 is 23.0 Å². The molecule has 2 fully saturated rings. The van der Waals surface area contributed by atoms with Crippen molar-refractivity contribution >= 4 is 5.91 Å². The summed E-state index contributed by atoms with van der Waals surface area (Å²) in [4.78, 5) is 17.4. The second kappa shape index (κ2) is 11.6. The molecule has 1 N–H and O–H groups in total. The van der Waals surface area contributed by atoms with E-state index < -0.39 is 5.92 Å². The van der Waals surface area contributed by atoms with Crippen molar-refractivity contribution in [2.75, 3.05) is 40.0 Å². The number of rotatable bonds is 7. The van der Waals surface area contributed by atoms with Crippen LogP contribution in [-0.4, -0.2) is 73.9 Å². The minimum absolute atomic E-state index is 0.0322. The predicted molar refractivity (Wildman–Crippen MR) is 140 cm³/mol. The van der Waals surface area contributed by atoms with Gasteiger partial charge < -0.3 is 24.6 Å². The van der Waals surface area contributed by atoms with E-state index in [1.54, 1.807) is 13.2 Å². The van der Waals surface area contributed by atoms with Crippen LogP contribution in [0.4, 0.5) is 8.78 Å². The van der Waals surface area contributed by atoms with Crippen LogP contribution in [0.3, 0.4) is 0 Å². The SMILES string of the molecule is C=C(/C(C)=C(\C)C(=O)N1CCC(NC2CCOCC2OC)CC1)N1CCc2ccc(C(C)(F)F)cc2C1. The lowest BCUT2D eigenvalue weighted by atomic mass is 9.94. The van der Waals surface area contributed by atoms with E-state index in [9.17, 15) is 13.6 Å². The van der Waals surface area contributed by atoms with Crippen molar-refractivity contribution in [3.8, 4) is 0 Å². The average molecular weight is 518 g/mol. The molecular formula is C29H41F2N3O3. The normalized spacial score (nSPS) is 23.9. The van der Waals surface area contributed by atoms with Gasteiger partial charge in [-0.25, -0.2) is 8.78 Å². The topological polar surface area (TPSA) is 54.0 Å². The number of nitrogens with one attached hydrogen (secondary N) is 1. The van der Waals surface area contributed by atoms with Gasteiger partial charge in [0.1, 0.15) is 0 Å². The summed E-state index contributed by atoms with van der Waals surface area (Å²) in [5.41, 5.74) is 4.37. The Morgan fingerprint density at radius 1 is 1.11 bits per heavy atom. The van der Waals surface area contributed by atoms with E-state index in [1.165, 1.54) is 6.07 Å². The molecule has 0 spiro atoms. The molecule has 2 saturated heterocycles. The van der Waals surface area contributed by atoms with Crippen molar-refractivity contribution in [1.29, 1.82) is 0 Å². The van der Waals surface area contributed by atoms with Gasteiger partial charge in [0.05, 0.1) is 12.7 Å². The van der Waals surface area contributed by atoms with E-state index >= 15 is 0 Å². The van der Waals surface area contributed by atoms with Crippen LogP contribution in [0.1, 0.15) is 56.7 Å². The first-order valence-corrected chi connectivity index (χ1v) is 13.4. The number of piperidine rings is 1. The molecule has 0 radical (unpaired) electrons. The molecule has 3 aliphatic heterocycles. The number of ether oxygens (including phenoxy) is 2. The van der Waals surface area contributed by atoms with E-state index in [0.717, 1.165) is 68.2 Å². The third-order valence-electron chi connectivity index (χ3n) is 8.26. The van der Waals surface area contributed by atoms with Gasteiger partial charge in [-0.15, -0.1) is 0 Å². The van der Waals surface area contributed by atoms with Crippen molar-refractivity contribution in [2.24, 2.45) is 0 Å². The van der Waals surface area contributed by atoms with Gasteiger partial charge in [-0.1, -0.05) is 18.7 Å². The number of fused-ring (bicyclic) bond motifs is 1. The predicted octanol–water partition coefficient (Wildman–Crippen LogP) is 4.39. The van der Waals surface area contributed by atoms with Gasteiger partial charge in [-0.3, -0.25) is 4.79 Å². The van der Waals surface area contributed by atoms with Crippen molar-refractivity contribution in [1.82, 2.24) is 15.1 Å². The lowest BCUT2D eigenvalue weighted by molar-refractivity contribution is -0.128. The standard InChI is InChI=1S/C29H41F2N3O3/c1-19(21(3)34-12-8-22-6-7-24(29(4,30)31)16-23(22)17-34)20(2)28(35)33-13-9-25(10-14-33)32-26-11-15-37-18-27(26)36-5/h6-7,16,25-27,32H,3,8-15,17-18H2,1-2,4-5H3/b20-19+. The first kappa shape index (κ1) is 27.7. The van der Waals surface area contributed by atoms with Crippen LogP contribution in [0.25, 0.3) is 0 Å². The maximum atomic E-state index is 13.9. The summed E-state index contributed by atoms with van der Waals surface area (Å²) in [5.74, 6) is -2.82. The van der Waals surface area contributed by atoms with Crippen LogP contribution in [0, 0.1) is 0 Å². The Morgan fingerprint density at radius 2 is 1.84 bits per heavy atom. The van der Waals surface area contributed by atoms with Crippen molar-refractivity contribution in [2.45, 2.75) is 77.1 Å². The van der Waals surface area contributed by atoms with E-state index in [1.807, 2.05) is 24.8 Å². The Hall–Kier alpha value is -2.29. The van der Waals surface area contributed by atoms with Gasteiger partial charge in [-0.05, 0) is 62.3 Å². The zero-order chi connectivity index (χ0) is 26.7. The lowest BCUT2D eigenvalue weighted by Crippen LogP contribution is -2.54. The van der Waals surface area contributed by atoms with Crippen LogP contribution in [-0.2, 0) is 33.2 Å². The number of carbonyl (C=O) groups excluding carboxylic acids is 1. The van der Waals surface area contributed by atoms with Crippen LogP contribution >= 0.6 is 0 Å². The third-order valence-corrected chi connectivity index (χ3v) is 8.26. The fourth-order valence-corrected chi connectivity index (χ4v) is 5.60. The molecule has 37 heavy (non-hydrogen) atoms. The molecule has 4 rings (SSSR count). The fraction of sp³-hybridized carbons (Fsp3) is 0.621. The summed E-state index contributed by atoms with van der Waals surface area (Å²) in [6.07, 6.45) is 3.57. The first-order chi connectivity index (χ1) is 17.6. The van der Waals surface area contributed by atoms with Crippen LogP contribution in [0.2, 0.25) is 0 Å². The molecular weight excluding hydrogens is 476 g/mol. The van der Waals surface area contributed by atoms with Gasteiger partial charge in [0.25, 0.3) is 5.92 Å². The monoisotopic (exact) mass is 517 g/mol. The molecule has 1 aromatic carbocycles. The smallest absolute Gasteiger partial charge is 0.270 e. The van der Waals surface area contributed by atoms with E-state index in [0.29, 0.717) is 37.9 Å². The molecule has 2 atom stereocenters. The molecule has 3 heterocycles. The second-order valence-electron chi connectivity index (χ2n) is 10.7. The minimum Gasteiger partial charge on any atom is -0.379 e. The number of carbonyl (C=O) groups is 1. The first-order valence-electron chi connectivity index (χ1n) is 13.4. The van der Waals surface area contributed by atoms with Crippen LogP contribution in [0.15, 0.2) is 41.6 Å². The molecule has 0 saturated carbocycles. The number of nitrogens with zero attached hydrogens (tertiary/aromatic N) is 2. The molecule has 3 aliphatic rings. The summed E-state index contributed by atoms with van der Waals surface area (Å²) in [6.45, 7) is 13.1. The highest BCUT2D eigenvalue weighted by atomic mass is 19.3. The number of amides is 1. The number of alkyl halides is 2. The molecule has 204 valence electrons.